The van der Waals surface area contributed by atoms with Gasteiger partial charge in [0.05, 0.1) is 31.8 Å². The lowest BCUT2D eigenvalue weighted by Gasteiger charge is -2.13. The van der Waals surface area contributed by atoms with Gasteiger partial charge < -0.3 is 25.1 Å². The van der Waals surface area contributed by atoms with Gasteiger partial charge in [0.15, 0.2) is 11.5 Å². The fourth-order valence-corrected chi connectivity index (χ4v) is 3.22. The summed E-state index contributed by atoms with van der Waals surface area (Å²) in [5, 5.41) is 3.67. The molecule has 3 N–H and O–H groups in total. The normalized spacial score (nSPS) is 10.8. The molecule has 0 aliphatic carbocycles. The van der Waals surface area contributed by atoms with Gasteiger partial charge >= 0.3 is 0 Å². The fraction of sp³-hybridized carbons (Fsp3) is 0.182. The molecule has 0 aliphatic rings. The smallest absolute Gasteiger partial charge is 0.264 e. The molecule has 0 bridgehead atoms. The molecule has 9 heteroatoms. The second kappa shape index (κ2) is 8.31. The first-order valence-corrected chi connectivity index (χ1v) is 9.53. The molecule has 3 heterocycles. The Morgan fingerprint density at radius 3 is 2.58 bits per heavy atom. The zero-order valence-electron chi connectivity index (χ0n) is 17.4. The van der Waals surface area contributed by atoms with Gasteiger partial charge in [0.25, 0.3) is 5.56 Å². The highest BCUT2D eigenvalue weighted by molar-refractivity contribution is 5.91. The molecule has 3 aromatic heterocycles. The van der Waals surface area contributed by atoms with Crippen molar-refractivity contribution in [3.8, 4) is 22.8 Å². The number of hydrogen-bond donors (Lipinski definition) is 2. The van der Waals surface area contributed by atoms with Crippen LogP contribution in [0, 0.1) is 0 Å². The predicted molar refractivity (Wildman–Crippen MR) is 119 cm³/mol. The lowest BCUT2D eigenvalue weighted by molar-refractivity contribution is 0.355. The number of aryl methyl sites for hydroxylation is 1. The van der Waals surface area contributed by atoms with Crippen molar-refractivity contribution >= 4 is 22.5 Å². The minimum Gasteiger partial charge on any atom is -0.493 e. The number of aromatic nitrogens is 4. The van der Waals surface area contributed by atoms with E-state index in [2.05, 4.69) is 15.3 Å². The van der Waals surface area contributed by atoms with Crippen LogP contribution in [0.15, 0.2) is 53.7 Å². The van der Waals surface area contributed by atoms with Gasteiger partial charge in [-0.05, 0) is 35.9 Å². The molecule has 0 amide bonds. The van der Waals surface area contributed by atoms with Crippen LogP contribution in [0.3, 0.4) is 0 Å². The van der Waals surface area contributed by atoms with E-state index in [1.54, 1.807) is 39.6 Å². The highest BCUT2D eigenvalue weighted by Gasteiger charge is 2.15. The highest BCUT2D eigenvalue weighted by Crippen LogP contribution is 2.33. The molecular weight excluding hydrogens is 396 g/mol. The number of anilines is 2. The largest absolute Gasteiger partial charge is 0.493 e. The van der Waals surface area contributed by atoms with Crippen molar-refractivity contribution < 1.29 is 9.47 Å². The Morgan fingerprint density at radius 2 is 1.87 bits per heavy atom. The van der Waals surface area contributed by atoms with Crippen molar-refractivity contribution in [3.05, 3.63) is 64.8 Å². The molecule has 0 saturated heterocycles. The zero-order valence-corrected chi connectivity index (χ0v) is 17.4. The lowest BCUT2D eigenvalue weighted by atomic mass is 10.1. The molecular formula is C22H22N6O3. The minimum absolute atomic E-state index is 0.186. The molecule has 0 fully saturated rings. The summed E-state index contributed by atoms with van der Waals surface area (Å²) in [6.45, 7) is 0.419. The van der Waals surface area contributed by atoms with E-state index in [0.29, 0.717) is 46.3 Å². The summed E-state index contributed by atoms with van der Waals surface area (Å²) < 4.78 is 12.2. The monoisotopic (exact) mass is 418 g/mol. The van der Waals surface area contributed by atoms with Gasteiger partial charge in [0, 0.05) is 25.4 Å². The number of pyridine rings is 2. The molecule has 0 radical (unpaired) electrons. The standard InChI is InChI=1S/C22H22N6O3/c1-28-12-26-16-9-15(14-5-6-17(30-2)18(8-14)31-3)27-21(20(16)22(28)29)25-11-13-4-7-19(23)24-10-13/h4-10,12H,11H2,1-3H3,(H2,23,24)(H,25,27). The number of nitrogen functional groups attached to an aromatic ring is 1. The summed E-state index contributed by atoms with van der Waals surface area (Å²) in [6, 6.07) is 10.9. The maximum absolute atomic E-state index is 12.8. The Bertz CT molecular complexity index is 1300. The number of benzene rings is 1. The number of nitrogens with two attached hydrogens (primary N) is 1. The fourth-order valence-electron chi connectivity index (χ4n) is 3.22. The van der Waals surface area contributed by atoms with Gasteiger partial charge in [0.2, 0.25) is 0 Å². The summed E-state index contributed by atoms with van der Waals surface area (Å²) in [4.78, 5) is 26.1. The van der Waals surface area contributed by atoms with Crippen molar-refractivity contribution in [1.29, 1.82) is 0 Å². The van der Waals surface area contributed by atoms with Crippen LogP contribution in [0.2, 0.25) is 0 Å². The maximum Gasteiger partial charge on any atom is 0.264 e. The average molecular weight is 418 g/mol. The molecule has 0 saturated carbocycles. The van der Waals surface area contributed by atoms with E-state index in [4.69, 9.17) is 20.2 Å². The first kappa shape index (κ1) is 20.1. The van der Waals surface area contributed by atoms with Gasteiger partial charge in [-0.25, -0.2) is 15.0 Å². The number of fused-ring (bicyclic) bond motifs is 1. The van der Waals surface area contributed by atoms with E-state index in [1.807, 2.05) is 24.3 Å². The van der Waals surface area contributed by atoms with Crippen molar-refractivity contribution in [2.75, 3.05) is 25.3 Å². The van der Waals surface area contributed by atoms with E-state index in [0.717, 1.165) is 11.1 Å². The third kappa shape index (κ3) is 3.97. The van der Waals surface area contributed by atoms with Crippen molar-refractivity contribution in [2.24, 2.45) is 7.05 Å². The minimum atomic E-state index is -0.186. The third-order valence-corrected chi connectivity index (χ3v) is 4.89. The van der Waals surface area contributed by atoms with E-state index in [-0.39, 0.29) is 5.56 Å². The molecule has 31 heavy (non-hydrogen) atoms. The zero-order chi connectivity index (χ0) is 22.0. The molecule has 9 nitrogen and oxygen atoms in total. The van der Waals surface area contributed by atoms with Gasteiger partial charge in [0.1, 0.15) is 17.0 Å². The number of nitrogens with zero attached hydrogens (tertiary/aromatic N) is 4. The molecule has 4 rings (SSSR count). The number of methoxy groups -OCH3 is 2. The Hall–Kier alpha value is -4.14. The van der Waals surface area contributed by atoms with Gasteiger partial charge in [-0.15, -0.1) is 0 Å². The van der Waals surface area contributed by atoms with Crippen LogP contribution in [0.4, 0.5) is 11.6 Å². The van der Waals surface area contributed by atoms with Crippen LogP contribution in [0.25, 0.3) is 22.2 Å². The third-order valence-electron chi connectivity index (χ3n) is 4.89. The van der Waals surface area contributed by atoms with Gasteiger partial charge in [-0.3, -0.25) is 4.79 Å². The number of ether oxygens (including phenoxy) is 2. The van der Waals surface area contributed by atoms with E-state index in [1.165, 1.54) is 10.9 Å². The Labute approximate surface area is 178 Å². The summed E-state index contributed by atoms with van der Waals surface area (Å²) in [6.07, 6.45) is 3.18. The summed E-state index contributed by atoms with van der Waals surface area (Å²) >= 11 is 0. The van der Waals surface area contributed by atoms with E-state index < -0.39 is 0 Å². The van der Waals surface area contributed by atoms with Gasteiger partial charge in [-0.2, -0.15) is 0 Å². The van der Waals surface area contributed by atoms with Crippen molar-refractivity contribution in [2.45, 2.75) is 6.54 Å². The second-order valence-electron chi connectivity index (χ2n) is 6.93. The lowest BCUT2D eigenvalue weighted by Crippen LogP contribution is -2.19. The molecule has 0 unspecified atom stereocenters. The van der Waals surface area contributed by atoms with Crippen LogP contribution in [0.1, 0.15) is 5.56 Å². The molecule has 4 aromatic rings. The first-order valence-electron chi connectivity index (χ1n) is 9.53. The van der Waals surface area contributed by atoms with Crippen molar-refractivity contribution in [1.82, 2.24) is 19.5 Å². The highest BCUT2D eigenvalue weighted by atomic mass is 16.5. The number of hydrogen-bond acceptors (Lipinski definition) is 8. The van der Waals surface area contributed by atoms with E-state index in [9.17, 15) is 4.79 Å². The number of nitrogens with one attached hydrogen (secondary N) is 1. The molecule has 158 valence electrons. The van der Waals surface area contributed by atoms with Crippen LogP contribution >= 0.6 is 0 Å². The first-order chi connectivity index (χ1) is 15.0. The van der Waals surface area contributed by atoms with Crippen LogP contribution in [-0.4, -0.2) is 33.7 Å². The molecule has 0 spiro atoms. The Balaban J connectivity index is 1.82. The Kier molecular flexibility index (Phi) is 5.40. The van der Waals surface area contributed by atoms with Crippen LogP contribution in [-0.2, 0) is 13.6 Å². The topological polar surface area (TPSA) is 117 Å². The maximum atomic E-state index is 12.8. The Morgan fingerprint density at radius 1 is 1.06 bits per heavy atom. The second-order valence-corrected chi connectivity index (χ2v) is 6.93. The molecule has 0 aliphatic heterocycles. The summed E-state index contributed by atoms with van der Waals surface area (Å²) in [7, 11) is 4.82. The molecule has 1 aromatic carbocycles. The quantitative estimate of drug-likeness (QED) is 0.491. The van der Waals surface area contributed by atoms with Crippen LogP contribution in [0.5, 0.6) is 11.5 Å². The summed E-state index contributed by atoms with van der Waals surface area (Å²) in [5.41, 5.74) is 8.37. The summed E-state index contributed by atoms with van der Waals surface area (Å²) in [5.74, 6) is 2.09. The molecule has 0 atom stereocenters. The van der Waals surface area contributed by atoms with Crippen molar-refractivity contribution in [3.63, 3.8) is 0 Å². The predicted octanol–water partition coefficient (Wildman–Crippen LogP) is 2.60. The average Bonchev–Trinajstić information content (AvgIpc) is 2.80. The SMILES string of the molecule is COc1ccc(-c2cc3ncn(C)c(=O)c3c(NCc3ccc(N)nc3)n2)cc1OC. The van der Waals surface area contributed by atoms with E-state index >= 15 is 0 Å². The number of rotatable bonds is 6. The van der Waals surface area contributed by atoms with Gasteiger partial charge in [-0.1, -0.05) is 6.07 Å². The van der Waals surface area contributed by atoms with Crippen LogP contribution < -0.4 is 26.1 Å².